The molecule has 0 rings (SSSR count). The molecule has 0 aliphatic carbocycles. The van der Waals surface area contributed by atoms with E-state index >= 15 is 0 Å². The minimum Gasteiger partial charge on any atom is -0.120 e. The minimum absolute atomic E-state index is 0.313. The summed E-state index contributed by atoms with van der Waals surface area (Å²) >= 11 is 3.54. The van der Waals surface area contributed by atoms with Gasteiger partial charge in [0, 0.05) is 4.07 Å². The van der Waals surface area contributed by atoms with Crippen LogP contribution in [0.25, 0.3) is 0 Å². The van der Waals surface area contributed by atoms with E-state index in [2.05, 4.69) is 39.0 Å². The summed E-state index contributed by atoms with van der Waals surface area (Å²) in [5.74, 6) is 0. The van der Waals surface area contributed by atoms with Crippen LogP contribution in [0, 0.1) is 0 Å². The van der Waals surface area contributed by atoms with Gasteiger partial charge in [0.05, 0.1) is 0 Å². The van der Waals surface area contributed by atoms with E-state index in [0.717, 1.165) is 0 Å². The number of hydrogen-bond donors (Lipinski definition) is 0. The molecule has 0 nitrogen and oxygen atoms in total. The number of alkyl halides is 1. The Morgan fingerprint density at radius 3 is 1.71 bits per heavy atom. The van der Waals surface area contributed by atoms with E-state index in [1.54, 1.807) is 0 Å². The fourth-order valence-corrected chi connectivity index (χ4v) is 0.250. The Labute approximate surface area is 56.4 Å². The molecule has 1 unspecified atom stereocenters. The van der Waals surface area contributed by atoms with Crippen LogP contribution in [-0.2, 0) is 0 Å². The standard InChI is InChI=1S/C5H12BrP/c1-3-5(6,7)4-2/h3-4,7H2,1-2H3. The maximum Gasteiger partial charge on any atom is 0.0392 e. The Bertz CT molecular complexity index is 46.0. The second kappa shape index (κ2) is 3.04. The van der Waals surface area contributed by atoms with Crippen LogP contribution in [0.1, 0.15) is 26.7 Å². The van der Waals surface area contributed by atoms with E-state index in [-0.39, 0.29) is 0 Å². The summed E-state index contributed by atoms with van der Waals surface area (Å²) in [6.45, 7) is 4.34. The molecule has 0 saturated heterocycles. The lowest BCUT2D eigenvalue weighted by Crippen LogP contribution is -2.05. The summed E-state index contributed by atoms with van der Waals surface area (Å²) in [5, 5.41) is 0. The molecular weight excluding hydrogens is 171 g/mol. The first-order valence-electron chi connectivity index (χ1n) is 2.60. The van der Waals surface area contributed by atoms with Crippen LogP contribution in [0.4, 0.5) is 0 Å². The molecule has 0 radical (unpaired) electrons. The molecule has 0 aromatic rings. The van der Waals surface area contributed by atoms with Crippen LogP contribution >= 0.6 is 25.2 Å². The highest BCUT2D eigenvalue weighted by molar-refractivity contribution is 9.11. The summed E-state index contributed by atoms with van der Waals surface area (Å²) in [7, 11) is 2.78. The van der Waals surface area contributed by atoms with Gasteiger partial charge in [0.1, 0.15) is 0 Å². The van der Waals surface area contributed by atoms with Gasteiger partial charge in [-0.25, -0.2) is 0 Å². The largest absolute Gasteiger partial charge is 0.120 e. The van der Waals surface area contributed by atoms with E-state index in [1.165, 1.54) is 12.8 Å². The average molecular weight is 183 g/mol. The zero-order chi connectivity index (χ0) is 5.91. The first-order chi connectivity index (χ1) is 3.12. The Balaban J connectivity index is 3.36. The zero-order valence-electron chi connectivity index (χ0n) is 4.87. The first kappa shape index (κ1) is 7.91. The Kier molecular flexibility index (Phi) is 3.44. The maximum absolute atomic E-state index is 3.54. The van der Waals surface area contributed by atoms with Crippen molar-refractivity contribution in [1.29, 1.82) is 0 Å². The van der Waals surface area contributed by atoms with Crippen molar-refractivity contribution in [3.05, 3.63) is 0 Å². The molecule has 1 atom stereocenters. The van der Waals surface area contributed by atoms with Crippen molar-refractivity contribution in [3.63, 3.8) is 0 Å². The van der Waals surface area contributed by atoms with Crippen molar-refractivity contribution < 1.29 is 0 Å². The highest BCUT2D eigenvalue weighted by atomic mass is 79.9. The van der Waals surface area contributed by atoms with Gasteiger partial charge in [0.2, 0.25) is 0 Å². The minimum atomic E-state index is 0.313. The van der Waals surface area contributed by atoms with Crippen molar-refractivity contribution >= 4 is 25.2 Å². The Morgan fingerprint density at radius 2 is 1.71 bits per heavy atom. The molecule has 0 aliphatic heterocycles. The Hall–Kier alpha value is 0.910. The predicted molar refractivity (Wildman–Crippen MR) is 42.0 cm³/mol. The third-order valence-electron chi connectivity index (χ3n) is 1.18. The van der Waals surface area contributed by atoms with Crippen molar-refractivity contribution in [2.45, 2.75) is 30.8 Å². The van der Waals surface area contributed by atoms with Gasteiger partial charge in [-0.15, -0.1) is 9.24 Å². The first-order valence-corrected chi connectivity index (χ1v) is 3.97. The van der Waals surface area contributed by atoms with Crippen molar-refractivity contribution in [2.24, 2.45) is 0 Å². The van der Waals surface area contributed by atoms with Gasteiger partial charge in [-0.2, -0.15) is 0 Å². The molecule has 2 heteroatoms. The van der Waals surface area contributed by atoms with Gasteiger partial charge in [-0.1, -0.05) is 29.8 Å². The lowest BCUT2D eigenvalue weighted by molar-refractivity contribution is 0.753. The van der Waals surface area contributed by atoms with Crippen molar-refractivity contribution in [2.75, 3.05) is 0 Å². The van der Waals surface area contributed by atoms with Gasteiger partial charge < -0.3 is 0 Å². The smallest absolute Gasteiger partial charge is 0.0392 e. The van der Waals surface area contributed by atoms with E-state index in [9.17, 15) is 0 Å². The summed E-state index contributed by atoms with van der Waals surface area (Å²) in [5.41, 5.74) is 0. The fourth-order valence-electron chi connectivity index (χ4n) is 0.250. The number of halogens is 1. The van der Waals surface area contributed by atoms with Crippen LogP contribution in [-0.4, -0.2) is 4.07 Å². The lowest BCUT2D eigenvalue weighted by atomic mass is 10.3. The molecule has 0 aromatic heterocycles. The number of hydrogen-bond acceptors (Lipinski definition) is 0. The van der Waals surface area contributed by atoms with Gasteiger partial charge >= 0.3 is 0 Å². The quantitative estimate of drug-likeness (QED) is 0.456. The van der Waals surface area contributed by atoms with Gasteiger partial charge in [-0.05, 0) is 12.8 Å². The SMILES string of the molecule is CCC(P)(Br)CC. The molecule has 0 amide bonds. The van der Waals surface area contributed by atoms with Crippen LogP contribution < -0.4 is 0 Å². The van der Waals surface area contributed by atoms with Gasteiger partial charge in [-0.3, -0.25) is 0 Å². The van der Waals surface area contributed by atoms with E-state index in [1.807, 2.05) is 0 Å². The molecule has 0 spiro atoms. The van der Waals surface area contributed by atoms with Gasteiger partial charge in [0.25, 0.3) is 0 Å². The topological polar surface area (TPSA) is 0 Å². The van der Waals surface area contributed by atoms with E-state index < -0.39 is 0 Å². The molecule has 0 fully saturated rings. The highest BCUT2D eigenvalue weighted by Crippen LogP contribution is 2.32. The molecule has 0 aliphatic rings. The average Bonchev–Trinajstić information content (AvgIpc) is 1.68. The second-order valence-electron chi connectivity index (χ2n) is 1.74. The molecule has 7 heavy (non-hydrogen) atoms. The van der Waals surface area contributed by atoms with Crippen molar-refractivity contribution in [1.82, 2.24) is 0 Å². The molecule has 0 saturated carbocycles. The van der Waals surface area contributed by atoms with Crippen molar-refractivity contribution in [3.8, 4) is 0 Å². The number of rotatable bonds is 2. The van der Waals surface area contributed by atoms with Crippen LogP contribution in [0.3, 0.4) is 0 Å². The fraction of sp³-hybridized carbons (Fsp3) is 1.00. The third kappa shape index (κ3) is 3.49. The third-order valence-corrected chi connectivity index (χ3v) is 3.11. The zero-order valence-corrected chi connectivity index (χ0v) is 7.61. The molecule has 0 N–H and O–H groups in total. The molecular formula is C5H12BrP. The summed E-state index contributed by atoms with van der Waals surface area (Å²) < 4.78 is 0.313. The van der Waals surface area contributed by atoms with Crippen LogP contribution in [0.5, 0.6) is 0 Å². The molecule has 0 aromatic carbocycles. The van der Waals surface area contributed by atoms with Gasteiger partial charge in [0.15, 0.2) is 0 Å². The van der Waals surface area contributed by atoms with E-state index in [4.69, 9.17) is 0 Å². The summed E-state index contributed by atoms with van der Waals surface area (Å²) in [6.07, 6.45) is 2.35. The summed E-state index contributed by atoms with van der Waals surface area (Å²) in [6, 6.07) is 0. The lowest BCUT2D eigenvalue weighted by Gasteiger charge is -2.15. The van der Waals surface area contributed by atoms with E-state index in [0.29, 0.717) is 4.07 Å². The second-order valence-corrected chi connectivity index (χ2v) is 5.27. The highest BCUT2D eigenvalue weighted by Gasteiger charge is 2.12. The molecule has 0 heterocycles. The maximum atomic E-state index is 3.54. The predicted octanol–water partition coefficient (Wildman–Crippen LogP) is 2.77. The molecule has 0 bridgehead atoms. The molecule has 44 valence electrons. The summed E-state index contributed by atoms with van der Waals surface area (Å²) in [4.78, 5) is 0. The van der Waals surface area contributed by atoms with Crippen LogP contribution in [0.2, 0.25) is 0 Å². The Morgan fingerprint density at radius 1 is 1.43 bits per heavy atom. The normalized spacial score (nSPS) is 12.0. The monoisotopic (exact) mass is 182 g/mol. The van der Waals surface area contributed by atoms with Crippen LogP contribution in [0.15, 0.2) is 0 Å².